The molecule has 2 nitrogen and oxygen atoms in total. The van der Waals surface area contributed by atoms with Crippen molar-refractivity contribution < 1.29 is 25.1 Å². The van der Waals surface area contributed by atoms with E-state index in [1.807, 2.05) is 0 Å². The Morgan fingerprint density at radius 1 is 0.220 bits per heavy atom. The number of benzene rings is 2. The van der Waals surface area contributed by atoms with Crippen LogP contribution in [0.2, 0.25) is 0 Å². The maximum Gasteiger partial charge on any atom is 2.00 e. The smallest absolute Gasteiger partial charge is 0.493 e. The van der Waals surface area contributed by atoms with Gasteiger partial charge < -0.3 is 19.4 Å². The number of nitrogens with zero attached hydrogens (tertiary/aromatic N) is 2. The standard InChI is InChI=1S/C69H118N2.2C14H29.Pd/c1-9-17-22-26-27-28-29-30-31-32-33-34-35-36-37-38-39-40-41-45-53-67-66(51-21-13-5)68(62-54-58(46-14-6)64(48-16-8)59(55-62)47-15-7)71(70)69(67)63-56-60(49-42-23-18-10-2)65(52-44-25-20-12-4)61(57-63)50-43-24-19-11-3;2*1-3-5-7-9-11-13-14-12-10-8-6-4-2;/h54-57H,9-53H2,1-8H3;2*1,3-14H2,2H3;/q;2*-1;+2. The molecule has 584 valence electrons. The first-order valence-corrected chi connectivity index (χ1v) is 45.6. The minimum absolute atomic E-state index is 0. The van der Waals surface area contributed by atoms with Crippen molar-refractivity contribution in [2.75, 3.05) is 0 Å². The van der Waals surface area contributed by atoms with Crippen LogP contribution in [-0.4, -0.2) is 4.70 Å². The zero-order chi connectivity index (χ0) is 72.1. The van der Waals surface area contributed by atoms with Crippen LogP contribution in [0.3, 0.4) is 0 Å². The monoisotopic (exact) mass is 1480 g/mol. The first kappa shape index (κ1) is 98.2. The van der Waals surface area contributed by atoms with Crippen LogP contribution in [0.25, 0.3) is 16.9 Å². The van der Waals surface area contributed by atoms with Crippen molar-refractivity contribution in [1.29, 1.82) is 0 Å². The van der Waals surface area contributed by atoms with E-state index in [-0.39, 0.29) is 20.4 Å². The predicted molar refractivity (Wildman–Crippen MR) is 451 cm³/mol. The molecule has 0 saturated heterocycles. The second-order valence-corrected chi connectivity index (χ2v) is 31.5. The topological polar surface area (TPSA) is 25.3 Å². The van der Waals surface area contributed by atoms with Crippen molar-refractivity contribution in [2.45, 2.75) is 512 Å². The summed E-state index contributed by atoms with van der Waals surface area (Å²) in [6.45, 7) is 31.0. The van der Waals surface area contributed by atoms with Crippen molar-refractivity contribution in [3.63, 3.8) is 0 Å². The largest absolute Gasteiger partial charge is 2.00 e. The molecular weight excluding hydrogens is 1300 g/mol. The van der Waals surface area contributed by atoms with Crippen LogP contribution in [0.5, 0.6) is 0 Å². The number of rotatable bonds is 69. The van der Waals surface area contributed by atoms with Crippen LogP contribution in [0.4, 0.5) is 0 Å². The van der Waals surface area contributed by atoms with Gasteiger partial charge in [0.2, 0.25) is 11.4 Å². The van der Waals surface area contributed by atoms with E-state index in [1.54, 1.807) is 27.0 Å². The average molecular weight is 1480 g/mol. The Morgan fingerprint density at radius 2 is 0.420 bits per heavy atom. The molecule has 0 unspecified atom stereocenters. The normalized spacial score (nSPS) is 12.2. The van der Waals surface area contributed by atoms with E-state index in [0.717, 1.165) is 94.9 Å². The van der Waals surface area contributed by atoms with Crippen molar-refractivity contribution in [3.8, 4) is 0 Å². The van der Waals surface area contributed by atoms with Crippen LogP contribution < -0.4 is 0 Å². The molecule has 1 aliphatic rings. The van der Waals surface area contributed by atoms with Gasteiger partial charge in [-0.25, -0.2) is 4.70 Å². The number of unbranched alkanes of at least 4 members (excludes halogenated alkanes) is 51. The summed E-state index contributed by atoms with van der Waals surface area (Å²) in [7, 11) is 0. The first-order valence-electron chi connectivity index (χ1n) is 45.6. The first-order chi connectivity index (χ1) is 48.8. The van der Waals surface area contributed by atoms with Crippen molar-refractivity contribution in [3.05, 3.63) is 99.3 Å². The molecule has 0 radical (unpaired) electrons. The van der Waals surface area contributed by atoms with Crippen molar-refractivity contribution in [2.24, 2.45) is 0 Å². The van der Waals surface area contributed by atoms with E-state index in [4.69, 9.17) is 0 Å². The Bertz CT molecular complexity index is 2070. The Hall–Kier alpha value is -1.82. The van der Waals surface area contributed by atoms with Crippen molar-refractivity contribution in [1.82, 2.24) is 0 Å². The van der Waals surface area contributed by atoms with E-state index in [9.17, 15) is 5.53 Å². The Morgan fingerprint density at radius 3 is 0.680 bits per heavy atom. The summed E-state index contributed by atoms with van der Waals surface area (Å²) < 4.78 is 1.76. The SMILES string of the molecule is CCCCCCCCCCCCCCCCCCCCCCC1=C(c2cc(CCCCCC)c(CCCCCC)c(CCCCCC)c2)[N+](=[N-])C(c2cc(CCC)c(CCC)c(CCC)c2)=C1CCCC.[CH2-]CCCCCCCCCCCCC.[CH2-]CCCCCCCCCCCCC.[Pd+2]. The molecule has 0 spiro atoms. The summed E-state index contributed by atoms with van der Waals surface area (Å²) >= 11 is 0. The van der Waals surface area contributed by atoms with E-state index in [0.29, 0.717) is 0 Å². The maximum atomic E-state index is 13.1. The summed E-state index contributed by atoms with van der Waals surface area (Å²) in [5, 5.41) is 0. The van der Waals surface area contributed by atoms with Gasteiger partial charge in [0.05, 0.1) is 0 Å². The molecule has 1 heterocycles. The number of hydrogen-bond donors (Lipinski definition) is 0. The van der Waals surface area contributed by atoms with Crippen LogP contribution in [-0.2, 0) is 58.9 Å². The number of allylic oxidation sites excluding steroid dienone is 2. The molecule has 0 bridgehead atoms. The fourth-order valence-corrected chi connectivity index (χ4v) is 15.8. The molecule has 1 aliphatic heterocycles. The fourth-order valence-electron chi connectivity index (χ4n) is 15.8. The third-order valence-electron chi connectivity index (χ3n) is 22.0. The van der Waals surface area contributed by atoms with Crippen LogP contribution in [0.1, 0.15) is 518 Å². The van der Waals surface area contributed by atoms with Gasteiger partial charge in [-0.2, -0.15) is 12.8 Å². The van der Waals surface area contributed by atoms with Crippen LogP contribution in [0.15, 0.2) is 35.4 Å². The fraction of sp³-hybridized carbons (Fsp3) is 0.814. The molecule has 0 atom stereocenters. The van der Waals surface area contributed by atoms with Crippen molar-refractivity contribution >= 4 is 11.4 Å². The van der Waals surface area contributed by atoms with E-state index >= 15 is 0 Å². The third kappa shape index (κ3) is 49.1. The predicted octanol–water partition coefficient (Wildman–Crippen LogP) is 34.5. The van der Waals surface area contributed by atoms with Gasteiger partial charge >= 0.3 is 20.4 Å². The van der Waals surface area contributed by atoms with Gasteiger partial charge in [0.25, 0.3) is 0 Å². The van der Waals surface area contributed by atoms with Gasteiger partial charge in [0.15, 0.2) is 0 Å². The summed E-state index contributed by atoms with van der Waals surface area (Å²) in [6, 6.07) is 10.2. The zero-order valence-electron chi connectivity index (χ0n) is 69.7. The second kappa shape index (κ2) is 74.1. The summed E-state index contributed by atoms with van der Waals surface area (Å²) in [4.78, 5) is 0. The van der Waals surface area contributed by atoms with Gasteiger partial charge in [0.1, 0.15) is 0 Å². The Labute approximate surface area is 643 Å². The van der Waals surface area contributed by atoms with Gasteiger partial charge in [-0.3, -0.25) is 0 Å². The van der Waals surface area contributed by atoms with Gasteiger partial charge in [-0.1, -0.05) is 416 Å². The average Bonchev–Trinajstić information content (AvgIpc) is 1.57. The van der Waals surface area contributed by atoms with Gasteiger partial charge in [-0.05, 0) is 141 Å². The molecule has 0 amide bonds. The second-order valence-electron chi connectivity index (χ2n) is 31.5. The minimum atomic E-state index is 0. The van der Waals surface area contributed by atoms with Crippen LogP contribution >= 0.6 is 0 Å². The number of hydrogen-bond acceptors (Lipinski definition) is 0. The maximum absolute atomic E-state index is 13.1. The summed E-state index contributed by atoms with van der Waals surface area (Å²) in [5.74, 6) is 0. The summed E-state index contributed by atoms with van der Waals surface area (Å²) in [5.41, 5.74) is 30.3. The Kier molecular flexibility index (Phi) is 72.7. The minimum Gasteiger partial charge on any atom is -0.493 e. The zero-order valence-corrected chi connectivity index (χ0v) is 71.3. The van der Waals surface area contributed by atoms with Gasteiger partial charge in [-0.15, -0.1) is 0 Å². The molecule has 0 fully saturated rings. The molecule has 2 aromatic carbocycles. The van der Waals surface area contributed by atoms with E-state index < -0.39 is 0 Å². The molecule has 0 aliphatic carbocycles. The molecule has 0 N–H and O–H groups in total. The van der Waals surface area contributed by atoms with Crippen LogP contribution in [0, 0.1) is 13.8 Å². The number of aryl methyl sites for hydroxylation is 4. The molecule has 0 aromatic heterocycles. The quantitative estimate of drug-likeness (QED) is 0.0273. The summed E-state index contributed by atoms with van der Waals surface area (Å²) in [6.07, 6.45) is 92.2. The van der Waals surface area contributed by atoms with Gasteiger partial charge in [0, 0.05) is 22.3 Å². The van der Waals surface area contributed by atoms with E-state index in [2.05, 4.69) is 107 Å². The Balaban J connectivity index is 0.00000279. The molecule has 3 heteroatoms. The third-order valence-corrected chi connectivity index (χ3v) is 22.0. The molecule has 3 rings (SSSR count). The molecule has 100 heavy (non-hydrogen) atoms. The van der Waals surface area contributed by atoms with E-state index in [1.165, 1.54) is 393 Å². The molecular formula is C97H176N2Pd. The molecule has 0 saturated carbocycles. The molecule has 2 aromatic rings.